The van der Waals surface area contributed by atoms with E-state index in [2.05, 4.69) is 82.6 Å². The molecule has 6 nitrogen and oxygen atoms in total. The van der Waals surface area contributed by atoms with Crippen LogP contribution >= 0.6 is 0 Å². The van der Waals surface area contributed by atoms with Crippen LogP contribution in [0.2, 0.25) is 0 Å². The minimum absolute atomic E-state index is 0.258. The molecular weight excluding hydrogens is 665 g/mol. The number of para-hydroxylation sites is 4. The molecule has 0 amide bonds. The van der Waals surface area contributed by atoms with Gasteiger partial charge in [0.1, 0.15) is 11.4 Å². The summed E-state index contributed by atoms with van der Waals surface area (Å²) < 4.78 is 0. The van der Waals surface area contributed by atoms with Crippen molar-refractivity contribution in [3.63, 3.8) is 0 Å². The molecule has 6 heteroatoms. The second kappa shape index (κ2) is 13.9. The van der Waals surface area contributed by atoms with Gasteiger partial charge >= 0.3 is 0 Å². The Labute approximate surface area is 313 Å². The molecule has 0 spiro atoms. The SMILES string of the molecule is O=C1C(=O)c2ccc(-c3ccc(N(c4ccccc4)c4ccccc4)cc3)nc2-c2nc(-c3ccc(N(c4ccccc4)c4ccccc4)cc3)ccc21. The fraction of sp³-hybridized carbons (Fsp3) is 0. The maximum atomic E-state index is 13.3. The van der Waals surface area contributed by atoms with Crippen LogP contribution in [0.25, 0.3) is 33.9 Å². The number of fused-ring (bicyclic) bond motifs is 3. The third kappa shape index (κ3) is 6.02. The van der Waals surface area contributed by atoms with Crippen LogP contribution in [0, 0.1) is 0 Å². The molecule has 0 fully saturated rings. The van der Waals surface area contributed by atoms with Gasteiger partial charge in [0.05, 0.1) is 22.5 Å². The number of anilines is 6. The summed E-state index contributed by atoms with van der Waals surface area (Å²) in [6, 6.07) is 64.3. The number of nitrogens with zero attached hydrogens (tertiary/aromatic N) is 4. The van der Waals surface area contributed by atoms with Crippen LogP contribution in [0.15, 0.2) is 194 Å². The van der Waals surface area contributed by atoms with Gasteiger partial charge in [0.2, 0.25) is 11.6 Å². The number of hydrogen-bond donors (Lipinski definition) is 0. The Morgan fingerprint density at radius 1 is 0.296 bits per heavy atom. The molecule has 6 aromatic carbocycles. The first kappa shape index (κ1) is 32.5. The Kier molecular flexibility index (Phi) is 8.38. The number of carbonyl (C=O) groups is 2. The van der Waals surface area contributed by atoms with E-state index in [4.69, 9.17) is 9.97 Å². The molecule has 0 saturated carbocycles. The number of benzene rings is 6. The predicted octanol–water partition coefficient (Wildman–Crippen LogP) is 11.8. The molecule has 1 aliphatic rings. The largest absolute Gasteiger partial charge is 0.311 e. The Bertz CT molecular complexity index is 2350. The second-order valence-corrected chi connectivity index (χ2v) is 13.0. The van der Waals surface area contributed by atoms with Gasteiger partial charge < -0.3 is 9.80 Å². The monoisotopic (exact) mass is 696 g/mol. The van der Waals surface area contributed by atoms with E-state index in [9.17, 15) is 9.59 Å². The molecule has 0 saturated heterocycles. The van der Waals surface area contributed by atoms with Crippen molar-refractivity contribution in [1.82, 2.24) is 9.97 Å². The number of rotatable bonds is 8. The topological polar surface area (TPSA) is 66.4 Å². The summed E-state index contributed by atoms with van der Waals surface area (Å²) in [7, 11) is 0. The third-order valence-corrected chi connectivity index (χ3v) is 9.61. The molecule has 0 bridgehead atoms. The molecule has 8 aromatic rings. The number of hydrogen-bond acceptors (Lipinski definition) is 6. The summed E-state index contributed by atoms with van der Waals surface area (Å²) in [6.07, 6.45) is 0. The summed E-state index contributed by atoms with van der Waals surface area (Å²) >= 11 is 0. The predicted molar refractivity (Wildman–Crippen MR) is 216 cm³/mol. The van der Waals surface area contributed by atoms with Gasteiger partial charge in [-0.05, 0) is 97.1 Å². The molecule has 0 radical (unpaired) electrons. The van der Waals surface area contributed by atoms with Crippen molar-refractivity contribution < 1.29 is 9.59 Å². The van der Waals surface area contributed by atoms with Crippen molar-refractivity contribution in [2.24, 2.45) is 0 Å². The van der Waals surface area contributed by atoms with Gasteiger partial charge in [-0.3, -0.25) is 9.59 Å². The Balaban J connectivity index is 1.06. The lowest BCUT2D eigenvalue weighted by molar-refractivity contribution is 0.0814. The summed E-state index contributed by atoms with van der Waals surface area (Å²) in [4.78, 5) is 40.9. The summed E-state index contributed by atoms with van der Waals surface area (Å²) in [6.45, 7) is 0. The first-order valence-corrected chi connectivity index (χ1v) is 17.8. The third-order valence-electron chi connectivity index (χ3n) is 9.61. The molecule has 54 heavy (non-hydrogen) atoms. The number of Topliss-reactive ketones (excluding diaryl/α,β-unsaturated/α-hetero) is 2. The van der Waals surface area contributed by atoms with E-state index in [-0.39, 0.29) is 11.1 Å². The summed E-state index contributed by atoms with van der Waals surface area (Å²) in [5.41, 5.74) is 10.6. The smallest absolute Gasteiger partial charge is 0.235 e. The number of aromatic nitrogens is 2. The number of ketones is 2. The highest BCUT2D eigenvalue weighted by Gasteiger charge is 2.33. The lowest BCUT2D eigenvalue weighted by Crippen LogP contribution is -2.23. The molecule has 0 unspecified atom stereocenters. The zero-order valence-electron chi connectivity index (χ0n) is 29.1. The van der Waals surface area contributed by atoms with Crippen LogP contribution < -0.4 is 9.80 Å². The normalized spacial score (nSPS) is 11.8. The lowest BCUT2D eigenvalue weighted by Gasteiger charge is -2.25. The van der Waals surface area contributed by atoms with Crippen LogP contribution in [-0.2, 0) is 0 Å². The molecule has 9 rings (SSSR count). The van der Waals surface area contributed by atoms with Crippen molar-refractivity contribution in [2.45, 2.75) is 0 Å². The van der Waals surface area contributed by atoms with Crippen molar-refractivity contribution in [3.05, 3.63) is 205 Å². The summed E-state index contributed by atoms with van der Waals surface area (Å²) in [5.74, 6) is -1.15. The van der Waals surface area contributed by atoms with Gasteiger partial charge in [-0.2, -0.15) is 0 Å². The first-order chi connectivity index (χ1) is 26.6. The van der Waals surface area contributed by atoms with E-state index in [0.29, 0.717) is 22.8 Å². The van der Waals surface area contributed by atoms with Gasteiger partial charge in [-0.1, -0.05) is 97.1 Å². The Morgan fingerprint density at radius 3 is 0.870 bits per heavy atom. The molecule has 2 heterocycles. The molecule has 0 atom stereocenters. The van der Waals surface area contributed by atoms with E-state index in [1.807, 2.05) is 97.1 Å². The van der Waals surface area contributed by atoms with Gasteiger partial charge in [-0.15, -0.1) is 0 Å². The number of pyridine rings is 2. The lowest BCUT2D eigenvalue weighted by atomic mass is 9.89. The molecule has 2 aromatic heterocycles. The maximum Gasteiger partial charge on any atom is 0.235 e. The highest BCUT2D eigenvalue weighted by molar-refractivity contribution is 6.52. The van der Waals surface area contributed by atoms with Crippen molar-refractivity contribution in [3.8, 4) is 33.9 Å². The van der Waals surface area contributed by atoms with Gasteiger partial charge in [-0.25, -0.2) is 9.97 Å². The van der Waals surface area contributed by atoms with Crippen molar-refractivity contribution >= 4 is 45.7 Å². The minimum Gasteiger partial charge on any atom is -0.311 e. The maximum absolute atomic E-state index is 13.3. The molecule has 0 aliphatic heterocycles. The highest BCUT2D eigenvalue weighted by atomic mass is 16.2. The second-order valence-electron chi connectivity index (χ2n) is 13.0. The van der Waals surface area contributed by atoms with Crippen LogP contribution in [0.1, 0.15) is 20.7 Å². The van der Waals surface area contributed by atoms with Gasteiger partial charge in [0, 0.05) is 45.3 Å². The zero-order chi connectivity index (χ0) is 36.4. The van der Waals surface area contributed by atoms with E-state index in [1.165, 1.54) is 0 Å². The molecular formula is C48H32N4O2. The van der Waals surface area contributed by atoms with Gasteiger partial charge in [0.15, 0.2) is 0 Å². The Morgan fingerprint density at radius 2 is 0.574 bits per heavy atom. The van der Waals surface area contributed by atoms with E-state index < -0.39 is 11.6 Å². The standard InChI is InChI=1S/C48H32N4O2/c53-47-41-29-31-43(33-21-25-39(26-22-33)51(35-13-5-1-6-14-35)36-15-7-2-8-16-36)49-45(41)46-42(48(47)54)30-32-44(50-46)34-23-27-40(28-24-34)52(37-17-9-3-10-18-37)38-19-11-4-12-20-38/h1-32H. The quantitative estimate of drug-likeness (QED) is 0.147. The van der Waals surface area contributed by atoms with E-state index in [1.54, 1.807) is 24.3 Å². The van der Waals surface area contributed by atoms with Gasteiger partial charge in [0.25, 0.3) is 0 Å². The van der Waals surface area contributed by atoms with E-state index in [0.717, 1.165) is 45.3 Å². The molecule has 256 valence electrons. The Hall–Kier alpha value is -7.44. The molecule has 0 N–H and O–H groups in total. The fourth-order valence-electron chi connectivity index (χ4n) is 6.98. The fourth-order valence-corrected chi connectivity index (χ4v) is 6.98. The molecule has 1 aliphatic carbocycles. The van der Waals surface area contributed by atoms with Crippen molar-refractivity contribution in [1.29, 1.82) is 0 Å². The van der Waals surface area contributed by atoms with Crippen molar-refractivity contribution in [2.75, 3.05) is 9.80 Å². The van der Waals surface area contributed by atoms with Crippen LogP contribution in [0.5, 0.6) is 0 Å². The average Bonchev–Trinajstić information content (AvgIpc) is 3.25. The number of carbonyl (C=O) groups excluding carboxylic acids is 2. The first-order valence-electron chi connectivity index (χ1n) is 17.8. The van der Waals surface area contributed by atoms with E-state index >= 15 is 0 Å². The highest BCUT2D eigenvalue weighted by Crippen LogP contribution is 2.39. The summed E-state index contributed by atoms with van der Waals surface area (Å²) in [5, 5.41) is 0. The minimum atomic E-state index is -0.575. The van der Waals surface area contributed by atoms with Crippen LogP contribution in [0.3, 0.4) is 0 Å². The van der Waals surface area contributed by atoms with Crippen LogP contribution in [0.4, 0.5) is 34.1 Å². The zero-order valence-corrected chi connectivity index (χ0v) is 29.1. The average molecular weight is 697 g/mol. The van der Waals surface area contributed by atoms with Crippen LogP contribution in [-0.4, -0.2) is 21.5 Å².